The molecule has 0 aliphatic carbocycles. The van der Waals surface area contributed by atoms with Gasteiger partial charge in [0.1, 0.15) is 5.58 Å². The van der Waals surface area contributed by atoms with Gasteiger partial charge in [0, 0.05) is 10.9 Å². The fraction of sp³-hybridized carbons (Fsp3) is 0.167. The van der Waals surface area contributed by atoms with E-state index in [1.165, 1.54) is 0 Å². The molecular weight excluding hydrogens is 208 g/mol. The van der Waals surface area contributed by atoms with Gasteiger partial charge in [-0.15, -0.1) is 0 Å². The third kappa shape index (κ3) is 1.95. The van der Waals surface area contributed by atoms with Crippen molar-refractivity contribution in [2.45, 2.75) is 13.3 Å². The maximum Gasteiger partial charge on any atom is 0.340 e. The Morgan fingerprint density at radius 1 is 1.38 bits per heavy atom. The number of aliphatic carboxylic acids is 1. The predicted molar refractivity (Wildman–Crippen MR) is 58.6 cm³/mol. The highest BCUT2D eigenvalue weighted by molar-refractivity contribution is 5.79. The molecule has 16 heavy (non-hydrogen) atoms. The van der Waals surface area contributed by atoms with Gasteiger partial charge in [-0.25, -0.2) is 4.79 Å². The van der Waals surface area contributed by atoms with Crippen molar-refractivity contribution in [3.05, 3.63) is 45.8 Å². The van der Waals surface area contributed by atoms with E-state index in [-0.39, 0.29) is 12.0 Å². The van der Waals surface area contributed by atoms with Gasteiger partial charge in [-0.2, -0.15) is 0 Å². The van der Waals surface area contributed by atoms with Gasteiger partial charge in [-0.3, -0.25) is 4.79 Å². The fourth-order valence-electron chi connectivity index (χ4n) is 1.57. The Hall–Kier alpha value is -2.10. The summed E-state index contributed by atoms with van der Waals surface area (Å²) in [6.45, 7) is 1.92. The molecule has 0 fully saturated rings. The lowest BCUT2D eigenvalue weighted by atomic mass is 10.1. The summed E-state index contributed by atoms with van der Waals surface area (Å²) in [5.41, 5.74) is 1.09. The SMILES string of the molecule is Cc1ccc2oc(=O)c(CC(=O)O)cc2c1. The third-order valence-corrected chi connectivity index (χ3v) is 2.30. The first kappa shape index (κ1) is 10.4. The molecule has 0 saturated heterocycles. The molecule has 82 valence electrons. The number of carbonyl (C=O) groups is 1. The molecule has 4 heteroatoms. The number of hydrogen-bond acceptors (Lipinski definition) is 3. The summed E-state index contributed by atoms with van der Waals surface area (Å²) >= 11 is 0. The quantitative estimate of drug-likeness (QED) is 0.779. The van der Waals surface area contributed by atoms with Gasteiger partial charge >= 0.3 is 11.6 Å². The van der Waals surface area contributed by atoms with Crippen LogP contribution in [0.1, 0.15) is 11.1 Å². The van der Waals surface area contributed by atoms with E-state index in [0.29, 0.717) is 5.58 Å². The van der Waals surface area contributed by atoms with E-state index < -0.39 is 11.6 Å². The van der Waals surface area contributed by atoms with E-state index in [0.717, 1.165) is 10.9 Å². The molecular formula is C12H10O4. The van der Waals surface area contributed by atoms with Crippen molar-refractivity contribution in [3.8, 4) is 0 Å². The maximum atomic E-state index is 11.4. The van der Waals surface area contributed by atoms with E-state index in [4.69, 9.17) is 9.52 Å². The molecule has 4 nitrogen and oxygen atoms in total. The lowest BCUT2D eigenvalue weighted by molar-refractivity contribution is -0.136. The number of hydrogen-bond donors (Lipinski definition) is 1. The Kier molecular flexibility index (Phi) is 2.48. The molecule has 1 aromatic heterocycles. The zero-order valence-corrected chi connectivity index (χ0v) is 8.69. The van der Waals surface area contributed by atoms with Crippen molar-refractivity contribution in [2.24, 2.45) is 0 Å². The van der Waals surface area contributed by atoms with Gasteiger partial charge in [0.15, 0.2) is 0 Å². The van der Waals surface area contributed by atoms with Crippen LogP contribution in [0, 0.1) is 6.92 Å². The molecule has 0 saturated carbocycles. The summed E-state index contributed by atoms with van der Waals surface area (Å²) in [5.74, 6) is -1.04. The normalized spacial score (nSPS) is 10.6. The number of aryl methyl sites for hydroxylation is 1. The van der Waals surface area contributed by atoms with Crippen LogP contribution in [0.25, 0.3) is 11.0 Å². The van der Waals surface area contributed by atoms with Crippen LogP contribution < -0.4 is 5.63 Å². The van der Waals surface area contributed by atoms with Crippen molar-refractivity contribution in [1.82, 2.24) is 0 Å². The van der Waals surface area contributed by atoms with E-state index in [2.05, 4.69) is 0 Å². The zero-order valence-electron chi connectivity index (χ0n) is 8.69. The lowest BCUT2D eigenvalue weighted by Gasteiger charge is -2.00. The summed E-state index contributed by atoms with van der Waals surface area (Å²) in [4.78, 5) is 22.0. The van der Waals surface area contributed by atoms with Gasteiger partial charge in [0.05, 0.1) is 6.42 Å². The van der Waals surface area contributed by atoms with Crippen LogP contribution in [0.4, 0.5) is 0 Å². The smallest absolute Gasteiger partial charge is 0.340 e. The largest absolute Gasteiger partial charge is 0.481 e. The minimum Gasteiger partial charge on any atom is -0.481 e. The molecule has 2 aromatic rings. The van der Waals surface area contributed by atoms with E-state index in [9.17, 15) is 9.59 Å². The fourth-order valence-corrected chi connectivity index (χ4v) is 1.57. The van der Waals surface area contributed by atoms with Gasteiger partial charge in [0.2, 0.25) is 0 Å². The molecule has 1 N–H and O–H groups in total. The minimum absolute atomic E-state index is 0.172. The van der Waals surface area contributed by atoms with Crippen molar-refractivity contribution in [1.29, 1.82) is 0 Å². The summed E-state index contributed by atoms with van der Waals surface area (Å²) < 4.78 is 5.03. The van der Waals surface area contributed by atoms with Crippen molar-refractivity contribution in [3.63, 3.8) is 0 Å². The number of benzene rings is 1. The van der Waals surface area contributed by atoms with Crippen LogP contribution in [0.2, 0.25) is 0 Å². The molecule has 0 radical (unpaired) electrons. The van der Waals surface area contributed by atoms with Crippen molar-refractivity contribution < 1.29 is 14.3 Å². The standard InChI is InChI=1S/C12H10O4/c1-7-2-3-10-8(4-7)5-9(6-11(13)14)12(15)16-10/h2-5H,6H2,1H3,(H,13,14). The highest BCUT2D eigenvalue weighted by Crippen LogP contribution is 2.15. The monoisotopic (exact) mass is 218 g/mol. The molecule has 0 aliphatic heterocycles. The lowest BCUT2D eigenvalue weighted by Crippen LogP contribution is -2.12. The summed E-state index contributed by atoms with van der Waals surface area (Å²) in [6.07, 6.45) is -0.313. The molecule has 0 spiro atoms. The van der Waals surface area contributed by atoms with Gasteiger partial charge < -0.3 is 9.52 Å². The average Bonchev–Trinajstić information content (AvgIpc) is 2.19. The van der Waals surface area contributed by atoms with Gasteiger partial charge in [-0.05, 0) is 25.1 Å². The topological polar surface area (TPSA) is 67.5 Å². The van der Waals surface area contributed by atoms with Gasteiger partial charge in [0.25, 0.3) is 0 Å². The molecule has 0 amide bonds. The maximum absolute atomic E-state index is 11.4. The number of fused-ring (bicyclic) bond motifs is 1. The molecule has 0 bridgehead atoms. The summed E-state index contributed by atoms with van der Waals surface area (Å²) in [5, 5.41) is 9.38. The zero-order chi connectivity index (χ0) is 11.7. The van der Waals surface area contributed by atoms with E-state index in [1.807, 2.05) is 19.1 Å². The predicted octanol–water partition coefficient (Wildman–Crippen LogP) is 1.73. The molecule has 1 aromatic carbocycles. The Bertz CT molecular complexity index is 610. The second-order valence-corrected chi connectivity index (χ2v) is 3.67. The average molecular weight is 218 g/mol. The van der Waals surface area contributed by atoms with Crippen LogP contribution in [0.3, 0.4) is 0 Å². The Morgan fingerprint density at radius 3 is 2.81 bits per heavy atom. The third-order valence-electron chi connectivity index (χ3n) is 2.30. The van der Waals surface area contributed by atoms with Crippen molar-refractivity contribution >= 4 is 16.9 Å². The first-order valence-electron chi connectivity index (χ1n) is 4.81. The van der Waals surface area contributed by atoms with Crippen LogP contribution in [0.15, 0.2) is 33.5 Å². The molecule has 0 unspecified atom stereocenters. The summed E-state index contributed by atoms with van der Waals surface area (Å²) in [6, 6.07) is 6.96. The minimum atomic E-state index is -1.04. The Balaban J connectivity index is 2.64. The van der Waals surface area contributed by atoms with Crippen LogP contribution in [-0.2, 0) is 11.2 Å². The van der Waals surface area contributed by atoms with Crippen LogP contribution in [0.5, 0.6) is 0 Å². The first-order valence-corrected chi connectivity index (χ1v) is 4.81. The highest BCUT2D eigenvalue weighted by atomic mass is 16.4. The van der Waals surface area contributed by atoms with Crippen LogP contribution in [-0.4, -0.2) is 11.1 Å². The molecule has 1 heterocycles. The number of carboxylic acids is 1. The highest BCUT2D eigenvalue weighted by Gasteiger charge is 2.08. The number of rotatable bonds is 2. The summed E-state index contributed by atoms with van der Waals surface area (Å²) in [7, 11) is 0. The van der Waals surface area contributed by atoms with Crippen LogP contribution >= 0.6 is 0 Å². The second-order valence-electron chi connectivity index (χ2n) is 3.67. The Morgan fingerprint density at radius 2 is 2.12 bits per heavy atom. The van der Waals surface area contributed by atoms with E-state index in [1.54, 1.807) is 12.1 Å². The Labute approximate surface area is 91.1 Å². The van der Waals surface area contributed by atoms with E-state index >= 15 is 0 Å². The second kappa shape index (κ2) is 3.81. The van der Waals surface area contributed by atoms with Gasteiger partial charge in [-0.1, -0.05) is 11.6 Å². The molecule has 0 aliphatic rings. The number of carboxylic acid groups (broad SMARTS) is 1. The molecule has 2 rings (SSSR count). The van der Waals surface area contributed by atoms with Crippen molar-refractivity contribution in [2.75, 3.05) is 0 Å². The first-order chi connectivity index (χ1) is 7.56. The molecule has 0 atom stereocenters.